The maximum Gasteiger partial charge on any atom is 0.0978 e. The quantitative estimate of drug-likeness (QED) is 0.536. The van der Waals surface area contributed by atoms with E-state index in [0.29, 0.717) is 13.2 Å². The van der Waals surface area contributed by atoms with Gasteiger partial charge in [-0.15, -0.1) is 0 Å². The molecule has 0 saturated heterocycles. The molecule has 4 heteroatoms. The van der Waals surface area contributed by atoms with Crippen molar-refractivity contribution in [3.63, 3.8) is 0 Å². The Labute approximate surface area is 80.0 Å². The Morgan fingerprint density at radius 2 is 2.15 bits per heavy atom. The summed E-state index contributed by atoms with van der Waals surface area (Å²) < 4.78 is 10.3. The molecule has 0 saturated carbocycles. The second-order valence-electron chi connectivity index (χ2n) is 3.06. The number of rotatable bonds is 8. The normalized spacial score (nSPS) is 15.7. The van der Waals surface area contributed by atoms with Gasteiger partial charge in [0, 0.05) is 13.7 Å². The number of aliphatic hydroxyl groups excluding tert-OH is 1. The highest BCUT2D eigenvalue weighted by molar-refractivity contribution is 4.71. The van der Waals surface area contributed by atoms with Crippen LogP contribution in [0.5, 0.6) is 0 Å². The van der Waals surface area contributed by atoms with Crippen LogP contribution in [0.1, 0.15) is 19.8 Å². The smallest absolute Gasteiger partial charge is 0.0978 e. The Hall–Kier alpha value is -0.160. The van der Waals surface area contributed by atoms with E-state index in [1.54, 1.807) is 7.11 Å². The molecule has 0 aromatic rings. The van der Waals surface area contributed by atoms with Crippen molar-refractivity contribution in [1.29, 1.82) is 0 Å². The van der Waals surface area contributed by atoms with Gasteiger partial charge < -0.3 is 20.3 Å². The molecule has 4 nitrogen and oxygen atoms in total. The Balaban J connectivity index is 3.60. The summed E-state index contributed by atoms with van der Waals surface area (Å²) in [6, 6.07) is -0.244. The zero-order valence-corrected chi connectivity index (χ0v) is 8.53. The van der Waals surface area contributed by atoms with Gasteiger partial charge in [-0.05, 0) is 6.42 Å². The summed E-state index contributed by atoms with van der Waals surface area (Å²) in [6.45, 7) is 3.11. The Kier molecular flexibility index (Phi) is 8.33. The number of ether oxygens (including phenoxy) is 2. The lowest BCUT2D eigenvalue weighted by Gasteiger charge is -2.21. The first kappa shape index (κ1) is 12.8. The van der Waals surface area contributed by atoms with E-state index < -0.39 is 0 Å². The van der Waals surface area contributed by atoms with Gasteiger partial charge in [-0.2, -0.15) is 0 Å². The first-order chi connectivity index (χ1) is 6.26. The number of hydrogen-bond acceptors (Lipinski definition) is 4. The van der Waals surface area contributed by atoms with Gasteiger partial charge in [0.15, 0.2) is 0 Å². The summed E-state index contributed by atoms with van der Waals surface area (Å²) in [5, 5.41) is 8.96. The highest BCUT2D eigenvalue weighted by Crippen LogP contribution is 1.99. The van der Waals surface area contributed by atoms with Gasteiger partial charge >= 0.3 is 0 Å². The molecule has 0 spiro atoms. The van der Waals surface area contributed by atoms with Gasteiger partial charge in [-0.3, -0.25) is 0 Å². The number of unbranched alkanes of at least 4 members (excludes halogenated alkanes) is 1. The van der Waals surface area contributed by atoms with E-state index in [2.05, 4.69) is 6.92 Å². The molecule has 0 heterocycles. The van der Waals surface area contributed by atoms with Crippen LogP contribution in [0.15, 0.2) is 0 Å². The van der Waals surface area contributed by atoms with Crippen molar-refractivity contribution in [2.24, 2.45) is 5.73 Å². The van der Waals surface area contributed by atoms with Crippen LogP contribution in [-0.2, 0) is 9.47 Å². The van der Waals surface area contributed by atoms with E-state index in [9.17, 15) is 0 Å². The first-order valence-corrected chi connectivity index (χ1v) is 4.73. The van der Waals surface area contributed by atoms with Crippen molar-refractivity contribution in [3.8, 4) is 0 Å². The average Bonchev–Trinajstić information content (AvgIpc) is 2.13. The number of aliphatic hydroxyl groups is 1. The largest absolute Gasteiger partial charge is 0.394 e. The van der Waals surface area contributed by atoms with Gasteiger partial charge in [-0.25, -0.2) is 0 Å². The minimum Gasteiger partial charge on any atom is -0.394 e. The van der Waals surface area contributed by atoms with Crippen LogP contribution in [0, 0.1) is 0 Å². The summed E-state index contributed by atoms with van der Waals surface area (Å²) in [7, 11) is 1.58. The third kappa shape index (κ3) is 5.99. The standard InChI is InChI=1S/C9H21NO3/c1-3-4-5-13-9(6-11)8(10)7-12-2/h8-9,11H,3-7,10H2,1-2H3. The highest BCUT2D eigenvalue weighted by atomic mass is 16.5. The third-order valence-electron chi connectivity index (χ3n) is 1.85. The fourth-order valence-electron chi connectivity index (χ4n) is 0.991. The van der Waals surface area contributed by atoms with E-state index >= 15 is 0 Å². The van der Waals surface area contributed by atoms with E-state index in [4.69, 9.17) is 20.3 Å². The lowest BCUT2D eigenvalue weighted by molar-refractivity contribution is -0.0186. The number of nitrogens with two attached hydrogens (primary N) is 1. The number of methoxy groups -OCH3 is 1. The van der Waals surface area contributed by atoms with Crippen molar-refractivity contribution in [3.05, 3.63) is 0 Å². The third-order valence-corrected chi connectivity index (χ3v) is 1.85. The van der Waals surface area contributed by atoms with Crippen molar-refractivity contribution in [1.82, 2.24) is 0 Å². The zero-order valence-electron chi connectivity index (χ0n) is 8.53. The lowest BCUT2D eigenvalue weighted by atomic mass is 10.2. The first-order valence-electron chi connectivity index (χ1n) is 4.73. The van der Waals surface area contributed by atoms with Crippen molar-refractivity contribution in [2.75, 3.05) is 26.9 Å². The maximum atomic E-state index is 8.96. The van der Waals surface area contributed by atoms with Crippen LogP contribution < -0.4 is 5.73 Å². The van der Waals surface area contributed by atoms with Gasteiger partial charge in [0.2, 0.25) is 0 Å². The van der Waals surface area contributed by atoms with Gasteiger partial charge in [0.05, 0.1) is 25.4 Å². The predicted molar refractivity (Wildman–Crippen MR) is 51.6 cm³/mol. The molecule has 80 valence electrons. The Morgan fingerprint density at radius 3 is 2.62 bits per heavy atom. The summed E-state index contributed by atoms with van der Waals surface area (Å²) in [5.41, 5.74) is 5.71. The molecule has 2 atom stereocenters. The van der Waals surface area contributed by atoms with E-state index in [1.807, 2.05) is 0 Å². The monoisotopic (exact) mass is 191 g/mol. The molecule has 0 rings (SSSR count). The molecule has 2 unspecified atom stereocenters. The molecular formula is C9H21NO3. The summed E-state index contributed by atoms with van der Waals surface area (Å²) in [6.07, 6.45) is 1.78. The van der Waals surface area contributed by atoms with Gasteiger partial charge in [-0.1, -0.05) is 13.3 Å². The van der Waals surface area contributed by atoms with Crippen LogP contribution in [0.25, 0.3) is 0 Å². The van der Waals surface area contributed by atoms with E-state index in [1.165, 1.54) is 0 Å². The minimum atomic E-state index is -0.300. The summed E-state index contributed by atoms with van der Waals surface area (Å²) in [4.78, 5) is 0. The fourth-order valence-corrected chi connectivity index (χ4v) is 0.991. The highest BCUT2D eigenvalue weighted by Gasteiger charge is 2.16. The van der Waals surface area contributed by atoms with Crippen LogP contribution in [0.4, 0.5) is 0 Å². The molecule has 0 aromatic carbocycles. The van der Waals surface area contributed by atoms with Gasteiger partial charge in [0.1, 0.15) is 0 Å². The second kappa shape index (κ2) is 8.44. The molecule has 0 amide bonds. The molecule has 0 radical (unpaired) electrons. The van der Waals surface area contributed by atoms with E-state index in [-0.39, 0.29) is 18.8 Å². The molecule has 0 aliphatic heterocycles. The summed E-state index contributed by atoms with van der Waals surface area (Å²) in [5.74, 6) is 0. The molecule has 0 bridgehead atoms. The fraction of sp³-hybridized carbons (Fsp3) is 1.00. The molecule has 0 aliphatic rings. The summed E-state index contributed by atoms with van der Waals surface area (Å²) >= 11 is 0. The predicted octanol–water partition coefficient (Wildman–Crippen LogP) is 0.138. The SMILES string of the molecule is CCCCOC(CO)C(N)COC. The van der Waals surface area contributed by atoms with Crippen molar-refractivity contribution >= 4 is 0 Å². The lowest BCUT2D eigenvalue weighted by Crippen LogP contribution is -2.42. The zero-order chi connectivity index (χ0) is 10.1. The molecule has 0 fully saturated rings. The minimum absolute atomic E-state index is 0.0474. The second-order valence-corrected chi connectivity index (χ2v) is 3.06. The van der Waals surface area contributed by atoms with Crippen LogP contribution >= 0.6 is 0 Å². The molecule has 13 heavy (non-hydrogen) atoms. The topological polar surface area (TPSA) is 64.7 Å². The Bertz CT molecular complexity index is 111. The molecule has 3 N–H and O–H groups in total. The maximum absolute atomic E-state index is 8.96. The Morgan fingerprint density at radius 1 is 1.46 bits per heavy atom. The molecule has 0 aromatic heterocycles. The average molecular weight is 191 g/mol. The van der Waals surface area contributed by atoms with Crippen molar-refractivity contribution in [2.45, 2.75) is 31.9 Å². The van der Waals surface area contributed by atoms with Crippen LogP contribution in [-0.4, -0.2) is 44.2 Å². The van der Waals surface area contributed by atoms with Crippen LogP contribution in [0.2, 0.25) is 0 Å². The number of hydrogen-bond donors (Lipinski definition) is 2. The van der Waals surface area contributed by atoms with Crippen molar-refractivity contribution < 1.29 is 14.6 Å². The van der Waals surface area contributed by atoms with Crippen LogP contribution in [0.3, 0.4) is 0 Å². The molecule has 0 aliphatic carbocycles. The van der Waals surface area contributed by atoms with E-state index in [0.717, 1.165) is 12.8 Å². The van der Waals surface area contributed by atoms with Gasteiger partial charge in [0.25, 0.3) is 0 Å². The molecular weight excluding hydrogens is 170 g/mol.